The molecule has 0 aliphatic carbocycles. The summed E-state index contributed by atoms with van der Waals surface area (Å²) in [5.41, 5.74) is 8.35. The van der Waals surface area contributed by atoms with Gasteiger partial charge in [-0.25, -0.2) is 4.98 Å². The van der Waals surface area contributed by atoms with Crippen LogP contribution in [0.5, 0.6) is 0 Å². The maximum Gasteiger partial charge on any atom is 0.133 e. The van der Waals surface area contributed by atoms with Crippen LogP contribution in [-0.4, -0.2) is 21.5 Å². The van der Waals surface area contributed by atoms with Crippen LogP contribution in [-0.2, 0) is 0 Å². The minimum absolute atomic E-state index is 0.515. The molecule has 1 aromatic heterocycles. The van der Waals surface area contributed by atoms with E-state index in [1.54, 1.807) is 6.07 Å². The summed E-state index contributed by atoms with van der Waals surface area (Å²) in [6.07, 6.45) is 1.34. The summed E-state index contributed by atoms with van der Waals surface area (Å²) in [4.78, 5) is 4.07. The number of nitrogens with zero attached hydrogens (tertiary/aromatic N) is 2. The quantitative estimate of drug-likeness (QED) is 0.495. The van der Waals surface area contributed by atoms with E-state index in [0.717, 1.165) is 17.0 Å². The number of hydrogen-bond donors (Lipinski definition) is 3. The molecule has 0 amide bonds. The van der Waals surface area contributed by atoms with Crippen molar-refractivity contribution in [3.8, 4) is 0 Å². The van der Waals surface area contributed by atoms with Crippen molar-refractivity contribution < 1.29 is 5.21 Å². The number of hydrogen-bond acceptors (Lipinski definition) is 4. The third kappa shape index (κ3) is 1.14. The summed E-state index contributed by atoms with van der Waals surface area (Å²) in [5.74, 6) is 0. The van der Waals surface area contributed by atoms with Gasteiger partial charge in [0.2, 0.25) is 0 Å². The molecule has 0 bridgehead atoms. The number of fused-ring (bicyclic) bond motifs is 1. The number of nitrogens with two attached hydrogens (primary N) is 1. The zero-order valence-electron chi connectivity index (χ0n) is 7.86. The van der Waals surface area contributed by atoms with Gasteiger partial charge in [-0.3, -0.25) is 0 Å². The number of anilines is 2. The molecular formula is C9H12N4O. The first-order valence-corrected chi connectivity index (χ1v) is 4.42. The smallest absolute Gasteiger partial charge is 0.133 e. The van der Waals surface area contributed by atoms with Crippen LogP contribution in [0.1, 0.15) is 6.92 Å². The molecule has 2 aromatic rings. The topological polar surface area (TPSA) is 76.1 Å². The van der Waals surface area contributed by atoms with E-state index in [4.69, 9.17) is 5.73 Å². The van der Waals surface area contributed by atoms with E-state index >= 15 is 0 Å². The largest absolute Gasteiger partial charge is 0.427 e. The molecule has 0 atom stereocenters. The molecule has 0 saturated heterocycles. The van der Waals surface area contributed by atoms with E-state index in [-0.39, 0.29) is 0 Å². The monoisotopic (exact) mass is 192 g/mol. The van der Waals surface area contributed by atoms with Gasteiger partial charge in [0.15, 0.2) is 0 Å². The Hall–Kier alpha value is -1.91. The maximum atomic E-state index is 9.43. The molecular weight excluding hydrogens is 180 g/mol. The standard InChI is InChI=1S/C9H12N4O/c1-2-11-7-4-3-6(10)9-8(7)12-5-13(9)14/h3-5,11,14H,2,10H2,1H3. The van der Waals surface area contributed by atoms with Crippen molar-refractivity contribution in [3.05, 3.63) is 18.5 Å². The van der Waals surface area contributed by atoms with Crippen molar-refractivity contribution in [2.45, 2.75) is 6.92 Å². The third-order valence-corrected chi connectivity index (χ3v) is 2.07. The summed E-state index contributed by atoms with van der Waals surface area (Å²) >= 11 is 0. The molecule has 0 spiro atoms. The van der Waals surface area contributed by atoms with E-state index in [1.165, 1.54) is 6.33 Å². The Morgan fingerprint density at radius 3 is 3.07 bits per heavy atom. The molecule has 0 radical (unpaired) electrons. The van der Waals surface area contributed by atoms with E-state index in [9.17, 15) is 5.21 Å². The highest BCUT2D eigenvalue weighted by Gasteiger charge is 2.09. The minimum Gasteiger partial charge on any atom is -0.427 e. The predicted molar refractivity (Wildman–Crippen MR) is 55.5 cm³/mol. The highest BCUT2D eigenvalue weighted by molar-refractivity contribution is 5.96. The van der Waals surface area contributed by atoms with Gasteiger partial charge in [-0.15, -0.1) is 0 Å². The first kappa shape index (κ1) is 8.68. The van der Waals surface area contributed by atoms with E-state index in [0.29, 0.717) is 16.7 Å². The lowest BCUT2D eigenvalue weighted by molar-refractivity contribution is 0.198. The van der Waals surface area contributed by atoms with Gasteiger partial charge >= 0.3 is 0 Å². The van der Waals surface area contributed by atoms with Gasteiger partial charge in [0, 0.05) is 6.54 Å². The van der Waals surface area contributed by atoms with Crippen LogP contribution >= 0.6 is 0 Å². The lowest BCUT2D eigenvalue weighted by Gasteiger charge is -2.05. The lowest BCUT2D eigenvalue weighted by Crippen LogP contribution is -1.99. The molecule has 1 heterocycles. The van der Waals surface area contributed by atoms with Crippen molar-refractivity contribution in [3.63, 3.8) is 0 Å². The van der Waals surface area contributed by atoms with Gasteiger partial charge in [0.05, 0.1) is 11.4 Å². The summed E-state index contributed by atoms with van der Waals surface area (Å²) in [5, 5.41) is 12.6. The molecule has 0 saturated carbocycles. The number of benzene rings is 1. The minimum atomic E-state index is 0.515. The molecule has 2 rings (SSSR count). The molecule has 0 unspecified atom stereocenters. The highest BCUT2D eigenvalue weighted by Crippen LogP contribution is 2.26. The van der Waals surface area contributed by atoms with Crippen LogP contribution in [0.2, 0.25) is 0 Å². The number of aromatic nitrogens is 2. The Morgan fingerprint density at radius 1 is 1.57 bits per heavy atom. The zero-order chi connectivity index (χ0) is 10.1. The lowest BCUT2D eigenvalue weighted by atomic mass is 10.2. The number of nitrogen functional groups attached to an aromatic ring is 1. The second-order valence-corrected chi connectivity index (χ2v) is 3.02. The molecule has 0 aliphatic rings. The Labute approximate surface area is 81.1 Å². The summed E-state index contributed by atoms with van der Waals surface area (Å²) in [7, 11) is 0. The van der Waals surface area contributed by atoms with Crippen LogP contribution in [0, 0.1) is 0 Å². The first-order chi connectivity index (χ1) is 6.74. The molecule has 0 fully saturated rings. The zero-order valence-corrected chi connectivity index (χ0v) is 7.86. The molecule has 1 aromatic carbocycles. The first-order valence-electron chi connectivity index (χ1n) is 4.42. The van der Waals surface area contributed by atoms with Crippen LogP contribution in [0.25, 0.3) is 11.0 Å². The van der Waals surface area contributed by atoms with Crippen LogP contribution in [0.3, 0.4) is 0 Å². The highest BCUT2D eigenvalue weighted by atomic mass is 16.5. The number of rotatable bonds is 2. The van der Waals surface area contributed by atoms with Crippen molar-refractivity contribution >= 4 is 22.4 Å². The fourth-order valence-corrected chi connectivity index (χ4v) is 1.47. The molecule has 5 nitrogen and oxygen atoms in total. The van der Waals surface area contributed by atoms with Gasteiger partial charge in [-0.05, 0) is 19.1 Å². The second-order valence-electron chi connectivity index (χ2n) is 3.02. The van der Waals surface area contributed by atoms with Crippen molar-refractivity contribution in [1.82, 2.24) is 9.71 Å². The SMILES string of the molecule is CCNc1ccc(N)c2c1ncn2O. The molecule has 0 aliphatic heterocycles. The normalized spacial score (nSPS) is 10.6. The van der Waals surface area contributed by atoms with E-state index in [2.05, 4.69) is 10.3 Å². The van der Waals surface area contributed by atoms with Crippen molar-refractivity contribution in [1.29, 1.82) is 0 Å². The van der Waals surface area contributed by atoms with Crippen molar-refractivity contribution in [2.24, 2.45) is 0 Å². The maximum absolute atomic E-state index is 9.43. The van der Waals surface area contributed by atoms with Crippen LogP contribution in [0.15, 0.2) is 18.5 Å². The Bertz CT molecular complexity index is 463. The molecule has 74 valence electrons. The van der Waals surface area contributed by atoms with E-state index in [1.807, 2.05) is 13.0 Å². The predicted octanol–water partition coefficient (Wildman–Crippen LogP) is 1.29. The number of imidazole rings is 1. The van der Waals surface area contributed by atoms with Crippen molar-refractivity contribution in [2.75, 3.05) is 17.6 Å². The molecule has 14 heavy (non-hydrogen) atoms. The van der Waals surface area contributed by atoms with Gasteiger partial charge in [0.25, 0.3) is 0 Å². The third-order valence-electron chi connectivity index (χ3n) is 2.07. The Kier molecular flexibility index (Phi) is 1.92. The molecule has 4 N–H and O–H groups in total. The van der Waals surface area contributed by atoms with Gasteiger partial charge in [0.1, 0.15) is 17.4 Å². The Morgan fingerprint density at radius 2 is 2.36 bits per heavy atom. The summed E-state index contributed by atoms with van der Waals surface area (Å²) < 4.78 is 0.936. The van der Waals surface area contributed by atoms with Crippen LogP contribution in [0.4, 0.5) is 11.4 Å². The Balaban J connectivity index is 2.70. The number of nitrogens with one attached hydrogen (secondary N) is 1. The van der Waals surface area contributed by atoms with Gasteiger partial charge < -0.3 is 16.3 Å². The average Bonchev–Trinajstić information content (AvgIpc) is 2.54. The summed E-state index contributed by atoms with van der Waals surface area (Å²) in [6.45, 7) is 2.80. The van der Waals surface area contributed by atoms with Crippen LogP contribution < -0.4 is 11.1 Å². The molecule has 5 heteroatoms. The van der Waals surface area contributed by atoms with E-state index < -0.39 is 0 Å². The summed E-state index contributed by atoms with van der Waals surface area (Å²) in [6, 6.07) is 3.60. The van der Waals surface area contributed by atoms with Gasteiger partial charge in [-0.2, -0.15) is 4.73 Å². The fourth-order valence-electron chi connectivity index (χ4n) is 1.47. The fraction of sp³-hybridized carbons (Fsp3) is 0.222. The average molecular weight is 192 g/mol. The van der Waals surface area contributed by atoms with Gasteiger partial charge in [-0.1, -0.05) is 0 Å². The second kappa shape index (κ2) is 3.10.